The number of rotatable bonds is 3. The van der Waals surface area contributed by atoms with Gasteiger partial charge in [0, 0.05) is 28.4 Å². The summed E-state index contributed by atoms with van der Waals surface area (Å²) in [6, 6.07) is 15.3. The Morgan fingerprint density at radius 2 is 1.87 bits per heavy atom. The summed E-state index contributed by atoms with van der Waals surface area (Å²) in [5, 5.41) is 3.48. The number of carbonyl (C=O) groups excluding carboxylic acids is 1. The lowest BCUT2D eigenvalue weighted by molar-refractivity contribution is 0.104. The van der Waals surface area contributed by atoms with Gasteiger partial charge in [-0.05, 0) is 31.9 Å². The highest BCUT2D eigenvalue weighted by Gasteiger charge is 2.30. The Balaban J connectivity index is 2.09. The van der Waals surface area contributed by atoms with Gasteiger partial charge in [-0.2, -0.15) is 0 Å². The second-order valence-corrected chi connectivity index (χ2v) is 6.47. The number of nitrogens with one attached hydrogen (secondary N) is 1. The van der Waals surface area contributed by atoms with E-state index >= 15 is 0 Å². The second-order valence-electron chi connectivity index (χ2n) is 6.47. The van der Waals surface area contributed by atoms with E-state index in [9.17, 15) is 4.79 Å². The van der Waals surface area contributed by atoms with Crippen molar-refractivity contribution in [2.24, 2.45) is 0 Å². The van der Waals surface area contributed by atoms with Crippen LogP contribution in [0.5, 0.6) is 5.75 Å². The standard InChI is InChI=1S/C20H21NO2/c1-20(2)13-15-10-7-11-18(23-3)19(15)16(21-20)12-17(22)14-8-5-4-6-9-14/h4-12,21H,13H2,1-3H3. The summed E-state index contributed by atoms with van der Waals surface area (Å²) in [6.45, 7) is 4.27. The predicted octanol–water partition coefficient (Wildman–Crippen LogP) is 3.84. The molecule has 3 nitrogen and oxygen atoms in total. The Morgan fingerprint density at radius 3 is 2.57 bits per heavy atom. The molecule has 0 saturated heterocycles. The smallest absolute Gasteiger partial charge is 0.187 e. The summed E-state index contributed by atoms with van der Waals surface area (Å²) in [4.78, 5) is 12.6. The summed E-state index contributed by atoms with van der Waals surface area (Å²) in [5.74, 6) is 0.778. The average Bonchev–Trinajstić information content (AvgIpc) is 2.53. The summed E-state index contributed by atoms with van der Waals surface area (Å²) in [5.41, 5.74) is 3.57. The third-order valence-corrected chi connectivity index (χ3v) is 4.04. The van der Waals surface area contributed by atoms with Gasteiger partial charge in [0.15, 0.2) is 5.78 Å². The first-order valence-corrected chi connectivity index (χ1v) is 7.76. The SMILES string of the molecule is COc1cccc2c1C(=CC(=O)c1ccccc1)NC(C)(C)C2. The van der Waals surface area contributed by atoms with Crippen molar-refractivity contribution in [3.63, 3.8) is 0 Å². The molecule has 0 radical (unpaired) electrons. The van der Waals surface area contributed by atoms with Crippen molar-refractivity contribution >= 4 is 11.5 Å². The van der Waals surface area contributed by atoms with E-state index in [2.05, 4.69) is 25.2 Å². The summed E-state index contributed by atoms with van der Waals surface area (Å²) in [6.07, 6.45) is 2.56. The fraction of sp³-hybridized carbons (Fsp3) is 0.250. The zero-order valence-electron chi connectivity index (χ0n) is 13.7. The van der Waals surface area contributed by atoms with Crippen LogP contribution >= 0.6 is 0 Å². The largest absolute Gasteiger partial charge is 0.496 e. The van der Waals surface area contributed by atoms with Crippen LogP contribution in [0.1, 0.15) is 35.3 Å². The average molecular weight is 307 g/mol. The topological polar surface area (TPSA) is 38.3 Å². The third-order valence-electron chi connectivity index (χ3n) is 4.04. The first-order valence-electron chi connectivity index (χ1n) is 7.76. The van der Waals surface area contributed by atoms with E-state index in [0.717, 1.165) is 23.4 Å². The molecule has 23 heavy (non-hydrogen) atoms. The number of allylic oxidation sites excluding steroid dienone is 1. The number of carbonyl (C=O) groups is 1. The molecule has 0 aliphatic carbocycles. The highest BCUT2D eigenvalue weighted by molar-refractivity contribution is 6.08. The molecular weight excluding hydrogens is 286 g/mol. The molecule has 2 aromatic carbocycles. The van der Waals surface area contributed by atoms with Crippen LogP contribution in [-0.2, 0) is 6.42 Å². The van der Waals surface area contributed by atoms with Gasteiger partial charge < -0.3 is 10.1 Å². The summed E-state index contributed by atoms with van der Waals surface area (Å²) < 4.78 is 5.51. The van der Waals surface area contributed by atoms with Crippen LogP contribution in [0, 0.1) is 0 Å². The van der Waals surface area contributed by atoms with E-state index in [-0.39, 0.29) is 11.3 Å². The maximum Gasteiger partial charge on any atom is 0.187 e. The highest BCUT2D eigenvalue weighted by Crippen LogP contribution is 2.35. The molecule has 0 amide bonds. The number of ketones is 1. The van der Waals surface area contributed by atoms with Gasteiger partial charge in [0.25, 0.3) is 0 Å². The normalized spacial score (nSPS) is 17.3. The molecule has 0 bridgehead atoms. The number of hydrogen-bond acceptors (Lipinski definition) is 3. The first-order chi connectivity index (χ1) is 11.0. The van der Waals surface area contributed by atoms with Crippen molar-refractivity contribution in [2.45, 2.75) is 25.8 Å². The Kier molecular flexibility index (Phi) is 3.95. The van der Waals surface area contributed by atoms with E-state index in [4.69, 9.17) is 4.74 Å². The molecule has 1 N–H and O–H groups in total. The molecule has 0 unspecified atom stereocenters. The molecule has 1 aliphatic heterocycles. The van der Waals surface area contributed by atoms with Crippen molar-refractivity contribution in [1.82, 2.24) is 5.32 Å². The van der Waals surface area contributed by atoms with Crippen LogP contribution in [-0.4, -0.2) is 18.4 Å². The fourth-order valence-corrected chi connectivity index (χ4v) is 3.07. The summed E-state index contributed by atoms with van der Waals surface area (Å²) >= 11 is 0. The molecular formula is C20H21NO2. The van der Waals surface area contributed by atoms with Gasteiger partial charge in [0.05, 0.1) is 7.11 Å². The minimum absolute atomic E-state index is 0.0114. The molecule has 2 aromatic rings. The minimum atomic E-state index is -0.109. The number of hydrogen-bond donors (Lipinski definition) is 1. The molecule has 118 valence electrons. The molecule has 0 spiro atoms. The van der Waals surface area contributed by atoms with Crippen molar-refractivity contribution in [1.29, 1.82) is 0 Å². The maximum atomic E-state index is 12.6. The zero-order chi connectivity index (χ0) is 16.4. The van der Waals surface area contributed by atoms with Crippen LogP contribution in [0.25, 0.3) is 5.70 Å². The van der Waals surface area contributed by atoms with E-state index in [1.165, 1.54) is 5.56 Å². The van der Waals surface area contributed by atoms with Crippen molar-refractivity contribution in [2.75, 3.05) is 7.11 Å². The Hall–Kier alpha value is -2.55. The first kappa shape index (κ1) is 15.3. The van der Waals surface area contributed by atoms with E-state index in [1.807, 2.05) is 42.5 Å². The highest BCUT2D eigenvalue weighted by atomic mass is 16.5. The Bertz CT molecular complexity index is 760. The molecule has 0 fully saturated rings. The van der Waals surface area contributed by atoms with E-state index in [1.54, 1.807) is 13.2 Å². The van der Waals surface area contributed by atoms with E-state index in [0.29, 0.717) is 5.56 Å². The van der Waals surface area contributed by atoms with Gasteiger partial charge in [0.1, 0.15) is 5.75 Å². The lowest BCUT2D eigenvalue weighted by Crippen LogP contribution is -2.44. The molecule has 0 aromatic heterocycles. The van der Waals surface area contributed by atoms with Crippen molar-refractivity contribution in [3.8, 4) is 5.75 Å². The van der Waals surface area contributed by atoms with Crippen molar-refractivity contribution in [3.05, 3.63) is 71.3 Å². The number of ether oxygens (including phenoxy) is 1. The quantitative estimate of drug-likeness (QED) is 0.691. The number of methoxy groups -OCH3 is 1. The number of fused-ring (bicyclic) bond motifs is 1. The van der Waals surface area contributed by atoms with E-state index < -0.39 is 0 Å². The molecule has 3 heteroatoms. The maximum absolute atomic E-state index is 12.6. The molecule has 3 rings (SSSR count). The van der Waals surface area contributed by atoms with Crippen LogP contribution in [0.3, 0.4) is 0 Å². The summed E-state index contributed by atoms with van der Waals surface area (Å²) in [7, 11) is 1.66. The second kappa shape index (κ2) is 5.92. The fourth-order valence-electron chi connectivity index (χ4n) is 3.07. The van der Waals surface area contributed by atoms with Gasteiger partial charge in [-0.25, -0.2) is 0 Å². The van der Waals surface area contributed by atoms with Crippen LogP contribution in [0.4, 0.5) is 0 Å². The van der Waals surface area contributed by atoms with Gasteiger partial charge in [-0.3, -0.25) is 4.79 Å². The number of benzene rings is 2. The zero-order valence-corrected chi connectivity index (χ0v) is 13.7. The van der Waals surface area contributed by atoms with Crippen LogP contribution < -0.4 is 10.1 Å². The van der Waals surface area contributed by atoms with Gasteiger partial charge in [-0.1, -0.05) is 42.5 Å². The van der Waals surface area contributed by atoms with Gasteiger partial charge in [-0.15, -0.1) is 0 Å². The molecule has 0 atom stereocenters. The molecule has 1 aliphatic rings. The minimum Gasteiger partial charge on any atom is -0.496 e. The third kappa shape index (κ3) is 3.14. The van der Waals surface area contributed by atoms with Gasteiger partial charge >= 0.3 is 0 Å². The Morgan fingerprint density at radius 1 is 1.13 bits per heavy atom. The van der Waals surface area contributed by atoms with Gasteiger partial charge in [0.2, 0.25) is 0 Å². The molecule has 1 heterocycles. The lowest BCUT2D eigenvalue weighted by Gasteiger charge is -2.36. The van der Waals surface area contributed by atoms with Crippen LogP contribution in [0.2, 0.25) is 0 Å². The Labute approximate surface area is 137 Å². The predicted molar refractivity (Wildman–Crippen MR) is 92.7 cm³/mol. The lowest BCUT2D eigenvalue weighted by atomic mass is 9.85. The van der Waals surface area contributed by atoms with Crippen molar-refractivity contribution < 1.29 is 9.53 Å². The monoisotopic (exact) mass is 307 g/mol. The molecule has 0 saturated carbocycles. The van der Waals surface area contributed by atoms with Crippen LogP contribution in [0.15, 0.2) is 54.6 Å².